The Hall–Kier alpha value is -2.94. The standard InChI is InChI=1S/C25H24IN3O3/c1-16-3-4-17(2)29(16)25(31)22-15-32-24(28-22)20-9-5-19(6-10-20)14-27-23(30)13-18-7-11-21(26)12-8-18/h3-12,15-17H,13-14H2,1-2H3,(H,27,30)/t16-,17-/m1/s1. The van der Waals surface area contributed by atoms with E-state index in [9.17, 15) is 9.59 Å². The molecule has 2 amide bonds. The zero-order valence-corrected chi connectivity index (χ0v) is 20.1. The van der Waals surface area contributed by atoms with Crippen molar-refractivity contribution in [2.75, 3.05) is 0 Å². The number of rotatable bonds is 6. The summed E-state index contributed by atoms with van der Waals surface area (Å²) in [5.74, 6) is 0.235. The molecule has 164 valence electrons. The first kappa shape index (κ1) is 22.3. The number of nitrogens with one attached hydrogen (secondary N) is 1. The number of hydrogen-bond donors (Lipinski definition) is 1. The van der Waals surface area contributed by atoms with Crippen LogP contribution in [-0.2, 0) is 17.8 Å². The van der Waals surface area contributed by atoms with Gasteiger partial charge in [-0.05, 0) is 71.8 Å². The number of aromatic nitrogens is 1. The summed E-state index contributed by atoms with van der Waals surface area (Å²) in [7, 11) is 0. The molecule has 1 aliphatic rings. The molecule has 2 heterocycles. The average molecular weight is 541 g/mol. The molecule has 3 aromatic rings. The minimum Gasteiger partial charge on any atom is -0.444 e. The Kier molecular flexibility index (Phi) is 6.74. The van der Waals surface area contributed by atoms with Crippen LogP contribution >= 0.6 is 22.6 Å². The van der Waals surface area contributed by atoms with Gasteiger partial charge in [0.05, 0.1) is 6.42 Å². The van der Waals surface area contributed by atoms with Crippen molar-refractivity contribution in [2.45, 2.75) is 38.9 Å². The second-order valence-electron chi connectivity index (χ2n) is 7.89. The lowest BCUT2D eigenvalue weighted by Crippen LogP contribution is -2.39. The molecule has 2 aromatic carbocycles. The van der Waals surface area contributed by atoms with E-state index in [0.717, 1.165) is 20.3 Å². The van der Waals surface area contributed by atoms with Crippen LogP contribution in [0.2, 0.25) is 0 Å². The van der Waals surface area contributed by atoms with Gasteiger partial charge in [-0.15, -0.1) is 0 Å². The fourth-order valence-electron chi connectivity index (χ4n) is 3.70. The van der Waals surface area contributed by atoms with E-state index in [0.29, 0.717) is 24.6 Å². The number of carbonyl (C=O) groups is 2. The Bertz CT molecular complexity index is 1120. The Morgan fingerprint density at radius 2 is 1.62 bits per heavy atom. The molecule has 0 bridgehead atoms. The quantitative estimate of drug-likeness (QED) is 0.366. The molecule has 7 heteroatoms. The predicted octanol–water partition coefficient (Wildman–Crippen LogP) is 4.59. The minimum absolute atomic E-state index is 0.0222. The van der Waals surface area contributed by atoms with E-state index in [1.807, 2.05) is 74.5 Å². The van der Waals surface area contributed by atoms with Crippen molar-refractivity contribution in [2.24, 2.45) is 0 Å². The Balaban J connectivity index is 1.34. The van der Waals surface area contributed by atoms with Crippen LogP contribution in [0.4, 0.5) is 0 Å². The van der Waals surface area contributed by atoms with Gasteiger partial charge in [-0.2, -0.15) is 0 Å². The van der Waals surface area contributed by atoms with Crippen molar-refractivity contribution < 1.29 is 14.0 Å². The molecule has 2 atom stereocenters. The summed E-state index contributed by atoms with van der Waals surface area (Å²) in [6.07, 6.45) is 5.79. The smallest absolute Gasteiger partial charge is 0.276 e. The van der Waals surface area contributed by atoms with Crippen molar-refractivity contribution in [1.29, 1.82) is 0 Å². The third kappa shape index (κ3) is 5.09. The van der Waals surface area contributed by atoms with Crippen LogP contribution in [0.1, 0.15) is 35.5 Å². The fourth-order valence-corrected chi connectivity index (χ4v) is 4.06. The first-order valence-corrected chi connectivity index (χ1v) is 11.6. The summed E-state index contributed by atoms with van der Waals surface area (Å²) in [6, 6.07) is 15.6. The van der Waals surface area contributed by atoms with E-state index in [-0.39, 0.29) is 23.9 Å². The number of nitrogens with zero attached hydrogens (tertiary/aromatic N) is 2. The molecule has 1 aromatic heterocycles. The molecular weight excluding hydrogens is 517 g/mol. The largest absolute Gasteiger partial charge is 0.444 e. The summed E-state index contributed by atoms with van der Waals surface area (Å²) >= 11 is 2.24. The van der Waals surface area contributed by atoms with Crippen molar-refractivity contribution in [1.82, 2.24) is 15.2 Å². The summed E-state index contributed by atoms with van der Waals surface area (Å²) < 4.78 is 6.71. The molecule has 0 saturated heterocycles. The molecule has 6 nitrogen and oxygen atoms in total. The summed E-state index contributed by atoms with van der Waals surface area (Å²) in [5, 5.41) is 2.94. The molecule has 1 aliphatic heterocycles. The van der Waals surface area contributed by atoms with Crippen LogP contribution in [-0.4, -0.2) is 33.8 Å². The van der Waals surface area contributed by atoms with E-state index in [1.54, 1.807) is 4.90 Å². The zero-order chi connectivity index (χ0) is 22.7. The normalized spacial score (nSPS) is 17.5. The van der Waals surface area contributed by atoms with Crippen LogP contribution in [0.25, 0.3) is 11.5 Å². The molecule has 0 radical (unpaired) electrons. The monoisotopic (exact) mass is 541 g/mol. The topological polar surface area (TPSA) is 75.4 Å². The van der Waals surface area contributed by atoms with Crippen molar-refractivity contribution in [3.8, 4) is 11.5 Å². The summed E-state index contributed by atoms with van der Waals surface area (Å²) in [4.78, 5) is 31.2. The number of benzene rings is 2. The molecule has 1 N–H and O–H groups in total. The predicted molar refractivity (Wildman–Crippen MR) is 131 cm³/mol. The lowest BCUT2D eigenvalue weighted by Gasteiger charge is -2.25. The van der Waals surface area contributed by atoms with E-state index in [4.69, 9.17) is 4.42 Å². The van der Waals surface area contributed by atoms with Gasteiger partial charge in [0, 0.05) is 27.8 Å². The van der Waals surface area contributed by atoms with Gasteiger partial charge in [0.25, 0.3) is 5.91 Å². The Morgan fingerprint density at radius 1 is 1.00 bits per heavy atom. The third-order valence-electron chi connectivity index (χ3n) is 5.47. The molecular formula is C25H24IN3O3. The third-order valence-corrected chi connectivity index (χ3v) is 6.19. The van der Waals surface area contributed by atoms with Gasteiger partial charge in [-0.3, -0.25) is 9.59 Å². The lowest BCUT2D eigenvalue weighted by molar-refractivity contribution is -0.120. The maximum absolute atomic E-state index is 12.8. The van der Waals surface area contributed by atoms with Gasteiger partial charge < -0.3 is 14.6 Å². The maximum Gasteiger partial charge on any atom is 0.276 e. The molecule has 32 heavy (non-hydrogen) atoms. The molecule has 0 fully saturated rings. The van der Waals surface area contributed by atoms with Gasteiger partial charge in [0.2, 0.25) is 11.8 Å². The summed E-state index contributed by atoms with van der Waals surface area (Å²) in [6.45, 7) is 4.41. The van der Waals surface area contributed by atoms with Crippen LogP contribution in [0.5, 0.6) is 0 Å². The van der Waals surface area contributed by atoms with Crippen molar-refractivity contribution in [3.05, 3.63) is 87.3 Å². The first-order valence-electron chi connectivity index (χ1n) is 10.5. The van der Waals surface area contributed by atoms with E-state index >= 15 is 0 Å². The first-order chi connectivity index (χ1) is 15.4. The van der Waals surface area contributed by atoms with Crippen molar-refractivity contribution >= 4 is 34.4 Å². The summed E-state index contributed by atoms with van der Waals surface area (Å²) in [5.41, 5.74) is 3.03. The second kappa shape index (κ2) is 9.68. The highest BCUT2D eigenvalue weighted by molar-refractivity contribution is 14.1. The van der Waals surface area contributed by atoms with Crippen LogP contribution in [0.3, 0.4) is 0 Å². The number of carbonyl (C=O) groups excluding carboxylic acids is 2. The van der Waals surface area contributed by atoms with Gasteiger partial charge in [0.1, 0.15) is 6.26 Å². The number of oxazole rings is 1. The molecule has 0 aliphatic carbocycles. The van der Waals surface area contributed by atoms with Crippen molar-refractivity contribution in [3.63, 3.8) is 0 Å². The van der Waals surface area contributed by atoms with Gasteiger partial charge in [0.15, 0.2) is 5.69 Å². The SMILES string of the molecule is C[C@@H]1C=C[C@@H](C)N1C(=O)c1coc(-c2ccc(CNC(=O)Cc3ccc(I)cc3)cc2)n1. The number of halogens is 1. The maximum atomic E-state index is 12.8. The zero-order valence-electron chi connectivity index (χ0n) is 17.9. The molecule has 0 saturated carbocycles. The Morgan fingerprint density at radius 3 is 2.28 bits per heavy atom. The lowest BCUT2D eigenvalue weighted by atomic mass is 10.1. The highest BCUT2D eigenvalue weighted by Crippen LogP contribution is 2.23. The minimum atomic E-state index is -0.141. The highest BCUT2D eigenvalue weighted by Gasteiger charge is 2.29. The van der Waals surface area contributed by atoms with Crippen LogP contribution in [0.15, 0.2) is 71.4 Å². The van der Waals surface area contributed by atoms with E-state index in [2.05, 4.69) is 32.9 Å². The van der Waals surface area contributed by atoms with E-state index < -0.39 is 0 Å². The number of amides is 2. The average Bonchev–Trinajstić information content (AvgIpc) is 3.41. The second-order valence-corrected chi connectivity index (χ2v) is 9.14. The van der Waals surface area contributed by atoms with Gasteiger partial charge in [-0.1, -0.05) is 36.4 Å². The Labute approximate surface area is 200 Å². The van der Waals surface area contributed by atoms with Crippen LogP contribution < -0.4 is 5.32 Å². The van der Waals surface area contributed by atoms with Crippen LogP contribution in [0, 0.1) is 3.57 Å². The molecule has 0 unspecified atom stereocenters. The highest BCUT2D eigenvalue weighted by atomic mass is 127. The molecule has 0 spiro atoms. The van der Waals surface area contributed by atoms with Gasteiger partial charge >= 0.3 is 0 Å². The van der Waals surface area contributed by atoms with Gasteiger partial charge in [-0.25, -0.2) is 4.98 Å². The number of hydrogen-bond acceptors (Lipinski definition) is 4. The fraction of sp³-hybridized carbons (Fsp3) is 0.240. The van der Waals surface area contributed by atoms with E-state index in [1.165, 1.54) is 6.26 Å². The molecule has 4 rings (SSSR count).